The van der Waals surface area contributed by atoms with Crippen molar-refractivity contribution in [2.45, 2.75) is 42.4 Å². The van der Waals surface area contributed by atoms with Gasteiger partial charge in [0, 0.05) is 11.3 Å². The standard InChI is InChI=1S/C19H19ClF2N2O5S/c20-12-9-11(5-7-13(12)21)23-19(27)10-4-6-14(22)17(8-10)30(28,29)24-15-2-1-3-16(25)18(15)26/h4-9,15-16,18,24-26H,1-3H2,(H,23,27). The van der Waals surface area contributed by atoms with Gasteiger partial charge in [-0.1, -0.05) is 11.6 Å². The number of sulfonamides is 1. The van der Waals surface area contributed by atoms with Crippen LogP contribution in [0.5, 0.6) is 0 Å². The van der Waals surface area contributed by atoms with Gasteiger partial charge in [-0.05, 0) is 55.7 Å². The summed E-state index contributed by atoms with van der Waals surface area (Å²) >= 11 is 5.66. The fourth-order valence-electron chi connectivity index (χ4n) is 3.18. The summed E-state index contributed by atoms with van der Waals surface area (Å²) in [6.07, 6.45) is -1.33. The lowest BCUT2D eigenvalue weighted by molar-refractivity contribution is -0.0242. The van der Waals surface area contributed by atoms with Crippen LogP contribution < -0.4 is 10.0 Å². The minimum Gasteiger partial charge on any atom is -0.390 e. The zero-order chi connectivity index (χ0) is 22.1. The number of anilines is 1. The van der Waals surface area contributed by atoms with Crippen LogP contribution in [0.2, 0.25) is 5.02 Å². The highest BCUT2D eigenvalue weighted by Crippen LogP contribution is 2.24. The largest absolute Gasteiger partial charge is 0.390 e. The molecule has 11 heteroatoms. The fourth-order valence-corrected chi connectivity index (χ4v) is 4.75. The molecule has 30 heavy (non-hydrogen) atoms. The van der Waals surface area contributed by atoms with Gasteiger partial charge in [-0.2, -0.15) is 0 Å². The zero-order valence-electron chi connectivity index (χ0n) is 15.5. The molecule has 0 aliphatic heterocycles. The van der Waals surface area contributed by atoms with Crippen molar-refractivity contribution in [2.75, 3.05) is 5.32 Å². The predicted octanol–water partition coefficient (Wildman–Crippen LogP) is 2.42. The number of amides is 1. The van der Waals surface area contributed by atoms with Gasteiger partial charge < -0.3 is 15.5 Å². The molecule has 3 unspecified atom stereocenters. The number of benzene rings is 2. The smallest absolute Gasteiger partial charge is 0.255 e. The molecule has 7 nitrogen and oxygen atoms in total. The van der Waals surface area contributed by atoms with Crippen molar-refractivity contribution < 1.29 is 32.2 Å². The summed E-state index contributed by atoms with van der Waals surface area (Å²) in [4.78, 5) is 11.6. The monoisotopic (exact) mass is 460 g/mol. The molecule has 3 rings (SSSR count). The van der Waals surface area contributed by atoms with E-state index in [4.69, 9.17) is 11.6 Å². The third-order valence-corrected chi connectivity index (χ3v) is 6.58. The molecule has 4 N–H and O–H groups in total. The number of nitrogens with one attached hydrogen (secondary N) is 2. The Morgan fingerprint density at radius 3 is 2.47 bits per heavy atom. The SMILES string of the molecule is O=C(Nc1ccc(F)c(Cl)c1)c1ccc(F)c(S(=O)(=O)NC2CCCC(O)C2O)c1. The second kappa shape index (κ2) is 8.94. The number of carbonyl (C=O) groups excluding carboxylic acids is 1. The van der Waals surface area contributed by atoms with E-state index in [1.165, 1.54) is 12.1 Å². The van der Waals surface area contributed by atoms with E-state index >= 15 is 0 Å². The Kier molecular flexibility index (Phi) is 6.73. The van der Waals surface area contributed by atoms with E-state index in [0.717, 1.165) is 24.3 Å². The Balaban J connectivity index is 1.83. The first-order chi connectivity index (χ1) is 14.1. The normalized spacial score (nSPS) is 22.0. The van der Waals surface area contributed by atoms with Gasteiger partial charge in [0.15, 0.2) is 0 Å². The summed E-state index contributed by atoms with van der Waals surface area (Å²) in [7, 11) is -4.43. The third kappa shape index (κ3) is 4.96. The highest BCUT2D eigenvalue weighted by atomic mass is 35.5. The van der Waals surface area contributed by atoms with Crippen LogP contribution in [0, 0.1) is 11.6 Å². The Morgan fingerprint density at radius 2 is 1.77 bits per heavy atom. The molecule has 1 amide bonds. The van der Waals surface area contributed by atoms with Gasteiger partial charge in [0.05, 0.1) is 23.3 Å². The Morgan fingerprint density at radius 1 is 1.07 bits per heavy atom. The van der Waals surface area contributed by atoms with E-state index in [1.54, 1.807) is 0 Å². The van der Waals surface area contributed by atoms with Crippen molar-refractivity contribution in [3.63, 3.8) is 0 Å². The second-order valence-electron chi connectivity index (χ2n) is 6.94. The van der Waals surface area contributed by atoms with Crippen LogP contribution in [0.25, 0.3) is 0 Å². The van der Waals surface area contributed by atoms with E-state index in [2.05, 4.69) is 10.0 Å². The molecular weight excluding hydrogens is 442 g/mol. The minimum atomic E-state index is -4.43. The number of halogens is 3. The molecule has 1 saturated carbocycles. The van der Waals surface area contributed by atoms with Crippen LogP contribution in [0.1, 0.15) is 29.6 Å². The Labute approximate surface area is 176 Å². The van der Waals surface area contributed by atoms with E-state index in [-0.39, 0.29) is 22.7 Å². The number of hydrogen-bond donors (Lipinski definition) is 4. The number of hydrogen-bond acceptors (Lipinski definition) is 5. The minimum absolute atomic E-state index is 0.164. The van der Waals surface area contributed by atoms with Crippen molar-refractivity contribution in [3.8, 4) is 0 Å². The quantitative estimate of drug-likeness (QED) is 0.547. The highest BCUT2D eigenvalue weighted by Gasteiger charge is 2.34. The number of aliphatic hydroxyl groups excluding tert-OH is 2. The van der Waals surface area contributed by atoms with Crippen molar-refractivity contribution in [3.05, 3.63) is 58.6 Å². The van der Waals surface area contributed by atoms with E-state index in [1.807, 2.05) is 0 Å². The lowest BCUT2D eigenvalue weighted by atomic mass is 9.91. The van der Waals surface area contributed by atoms with Gasteiger partial charge in [-0.25, -0.2) is 21.9 Å². The zero-order valence-corrected chi connectivity index (χ0v) is 17.1. The summed E-state index contributed by atoms with van der Waals surface area (Å²) in [5.74, 6) is -2.53. The van der Waals surface area contributed by atoms with Gasteiger partial charge >= 0.3 is 0 Å². The summed E-state index contributed by atoms with van der Waals surface area (Å²) < 4.78 is 55.0. The average molecular weight is 461 g/mol. The molecule has 1 fully saturated rings. The number of rotatable bonds is 5. The maximum absolute atomic E-state index is 14.3. The van der Waals surface area contributed by atoms with Gasteiger partial charge in [0.1, 0.15) is 16.5 Å². The van der Waals surface area contributed by atoms with Gasteiger partial charge in [-0.15, -0.1) is 0 Å². The molecule has 2 aromatic rings. The molecule has 3 atom stereocenters. The summed E-state index contributed by atoms with van der Waals surface area (Å²) in [5, 5.41) is 21.9. The van der Waals surface area contributed by atoms with E-state index in [0.29, 0.717) is 12.8 Å². The molecule has 0 spiro atoms. The van der Waals surface area contributed by atoms with Crippen LogP contribution >= 0.6 is 11.6 Å². The maximum atomic E-state index is 14.3. The lowest BCUT2D eigenvalue weighted by Crippen LogP contribution is -2.51. The summed E-state index contributed by atoms with van der Waals surface area (Å²) in [5.41, 5.74) is -0.000905. The van der Waals surface area contributed by atoms with Crippen molar-refractivity contribution in [1.29, 1.82) is 0 Å². The summed E-state index contributed by atoms with van der Waals surface area (Å²) in [6, 6.07) is 5.26. The van der Waals surface area contributed by atoms with Gasteiger partial charge in [-0.3, -0.25) is 4.79 Å². The molecule has 0 aromatic heterocycles. The molecule has 0 radical (unpaired) electrons. The van der Waals surface area contributed by atoms with Crippen LogP contribution in [-0.4, -0.2) is 42.8 Å². The van der Waals surface area contributed by atoms with Crippen molar-refractivity contribution in [1.82, 2.24) is 4.72 Å². The molecule has 1 aliphatic rings. The number of carbonyl (C=O) groups is 1. The van der Waals surface area contributed by atoms with Gasteiger partial charge in [0.25, 0.3) is 5.91 Å². The maximum Gasteiger partial charge on any atom is 0.255 e. The van der Waals surface area contributed by atoms with Crippen LogP contribution in [-0.2, 0) is 10.0 Å². The number of aliphatic hydroxyl groups is 2. The summed E-state index contributed by atoms with van der Waals surface area (Å²) in [6.45, 7) is 0. The Hall–Kier alpha value is -2.11. The Bertz CT molecular complexity index is 1070. The molecule has 2 aromatic carbocycles. The van der Waals surface area contributed by atoms with Gasteiger partial charge in [0.2, 0.25) is 10.0 Å². The van der Waals surface area contributed by atoms with E-state index in [9.17, 15) is 32.2 Å². The molecular formula is C19H19ClF2N2O5S. The van der Waals surface area contributed by atoms with Crippen LogP contribution in [0.15, 0.2) is 41.3 Å². The topological polar surface area (TPSA) is 116 Å². The first-order valence-corrected chi connectivity index (χ1v) is 10.9. The molecule has 0 saturated heterocycles. The van der Waals surface area contributed by atoms with Crippen LogP contribution in [0.4, 0.5) is 14.5 Å². The van der Waals surface area contributed by atoms with Crippen LogP contribution in [0.3, 0.4) is 0 Å². The second-order valence-corrected chi connectivity index (χ2v) is 9.03. The lowest BCUT2D eigenvalue weighted by Gasteiger charge is -2.32. The van der Waals surface area contributed by atoms with Crippen molar-refractivity contribution >= 4 is 33.2 Å². The molecule has 162 valence electrons. The highest BCUT2D eigenvalue weighted by molar-refractivity contribution is 7.89. The van der Waals surface area contributed by atoms with E-state index < -0.39 is 50.7 Å². The molecule has 0 bridgehead atoms. The van der Waals surface area contributed by atoms with Crippen molar-refractivity contribution in [2.24, 2.45) is 0 Å². The molecule has 0 heterocycles. The fraction of sp³-hybridized carbons (Fsp3) is 0.316. The first kappa shape index (κ1) is 22.6. The predicted molar refractivity (Wildman–Crippen MR) is 106 cm³/mol. The molecule has 1 aliphatic carbocycles. The average Bonchev–Trinajstić information content (AvgIpc) is 2.68. The third-order valence-electron chi connectivity index (χ3n) is 4.79. The first-order valence-electron chi connectivity index (χ1n) is 9.03.